The van der Waals surface area contributed by atoms with Gasteiger partial charge in [0.25, 0.3) is 0 Å². The van der Waals surface area contributed by atoms with E-state index >= 15 is 0 Å². The quantitative estimate of drug-likeness (QED) is 0.761. The van der Waals surface area contributed by atoms with Gasteiger partial charge in [-0.15, -0.1) is 0 Å². The Morgan fingerprint density at radius 1 is 1.33 bits per heavy atom. The van der Waals surface area contributed by atoms with Gasteiger partial charge in [0.1, 0.15) is 0 Å². The van der Waals surface area contributed by atoms with Gasteiger partial charge in [0, 0.05) is 17.0 Å². The van der Waals surface area contributed by atoms with Gasteiger partial charge < -0.3 is 5.73 Å². The molecule has 2 N–H and O–H groups in total. The lowest BCUT2D eigenvalue weighted by Gasteiger charge is -2.19. The highest BCUT2D eigenvalue weighted by molar-refractivity contribution is 6.31. The molecule has 3 heteroatoms. The molecule has 0 heterocycles. The largest absolute Gasteiger partial charge is 0.330 e. The Morgan fingerprint density at radius 2 is 2.06 bits per heavy atom. The number of halogens is 1. The van der Waals surface area contributed by atoms with Crippen molar-refractivity contribution in [1.29, 1.82) is 0 Å². The third-order valence-electron chi connectivity index (χ3n) is 3.37. The van der Waals surface area contributed by atoms with E-state index in [0.717, 1.165) is 12.8 Å². The first kappa shape index (κ1) is 15.2. The van der Waals surface area contributed by atoms with Crippen molar-refractivity contribution in [3.05, 3.63) is 34.9 Å². The third-order valence-corrected chi connectivity index (χ3v) is 3.60. The fraction of sp³-hybridized carbons (Fsp3) is 0.533. The molecular formula is C15H22ClNO. The number of nitrogens with two attached hydrogens (primary N) is 1. The summed E-state index contributed by atoms with van der Waals surface area (Å²) < 4.78 is 0. The van der Waals surface area contributed by atoms with Crippen molar-refractivity contribution in [3.63, 3.8) is 0 Å². The second-order valence-corrected chi connectivity index (χ2v) is 5.49. The summed E-state index contributed by atoms with van der Waals surface area (Å²) in [5.74, 6) is 1.26. The average Bonchev–Trinajstić information content (AvgIpc) is 2.33. The lowest BCUT2D eigenvalue weighted by atomic mass is 9.87. The minimum Gasteiger partial charge on any atom is -0.330 e. The molecule has 0 aromatic heterocycles. The van der Waals surface area contributed by atoms with Crippen molar-refractivity contribution in [3.8, 4) is 0 Å². The smallest absolute Gasteiger partial charge is 0.162 e. The van der Waals surface area contributed by atoms with E-state index in [2.05, 4.69) is 13.8 Å². The van der Waals surface area contributed by atoms with E-state index < -0.39 is 0 Å². The van der Waals surface area contributed by atoms with Crippen molar-refractivity contribution < 1.29 is 4.79 Å². The molecule has 100 valence electrons. The summed E-state index contributed by atoms with van der Waals surface area (Å²) in [7, 11) is 0. The molecule has 0 aliphatic carbocycles. The maximum atomic E-state index is 12.0. The van der Waals surface area contributed by atoms with Crippen molar-refractivity contribution in [2.24, 2.45) is 17.6 Å². The van der Waals surface area contributed by atoms with Crippen molar-refractivity contribution in [2.75, 3.05) is 6.54 Å². The number of hydrogen-bond donors (Lipinski definition) is 1. The number of carbonyl (C=O) groups excluding carboxylic acids is 1. The fourth-order valence-corrected chi connectivity index (χ4v) is 2.34. The van der Waals surface area contributed by atoms with E-state index in [-0.39, 0.29) is 5.78 Å². The predicted molar refractivity (Wildman–Crippen MR) is 77.0 cm³/mol. The number of ketones is 1. The topological polar surface area (TPSA) is 43.1 Å². The number of benzene rings is 1. The zero-order valence-corrected chi connectivity index (χ0v) is 11.9. The molecule has 0 radical (unpaired) electrons. The van der Waals surface area contributed by atoms with Gasteiger partial charge in [0.15, 0.2) is 5.78 Å². The molecule has 0 spiro atoms. The molecular weight excluding hydrogens is 246 g/mol. The fourth-order valence-electron chi connectivity index (χ4n) is 2.15. The predicted octanol–water partition coefficient (Wildman–Crippen LogP) is 3.92. The van der Waals surface area contributed by atoms with Gasteiger partial charge >= 0.3 is 0 Å². The van der Waals surface area contributed by atoms with E-state index in [1.807, 2.05) is 12.1 Å². The van der Waals surface area contributed by atoms with Crippen LogP contribution in [0.2, 0.25) is 5.02 Å². The summed E-state index contributed by atoms with van der Waals surface area (Å²) in [6, 6.07) is 7.15. The van der Waals surface area contributed by atoms with Crippen LogP contribution in [-0.4, -0.2) is 12.3 Å². The SMILES string of the molecule is CC(C)C(CCN)CCC(=O)c1cccc(Cl)c1. The first-order chi connectivity index (χ1) is 8.54. The molecule has 0 saturated carbocycles. The van der Waals surface area contributed by atoms with Gasteiger partial charge in [-0.25, -0.2) is 0 Å². The Balaban J connectivity index is 2.54. The highest BCUT2D eigenvalue weighted by atomic mass is 35.5. The molecule has 0 fully saturated rings. The molecule has 1 aromatic carbocycles. The van der Waals surface area contributed by atoms with Crippen LogP contribution >= 0.6 is 11.6 Å². The Morgan fingerprint density at radius 3 is 2.61 bits per heavy atom. The van der Waals surface area contributed by atoms with E-state index in [4.69, 9.17) is 17.3 Å². The highest BCUT2D eigenvalue weighted by Crippen LogP contribution is 2.22. The molecule has 1 unspecified atom stereocenters. The van der Waals surface area contributed by atoms with Crippen LogP contribution in [0.5, 0.6) is 0 Å². The summed E-state index contributed by atoms with van der Waals surface area (Å²) in [6.07, 6.45) is 2.46. The maximum absolute atomic E-state index is 12.0. The number of hydrogen-bond acceptors (Lipinski definition) is 2. The van der Waals surface area contributed by atoms with Crippen molar-refractivity contribution in [1.82, 2.24) is 0 Å². The molecule has 1 atom stereocenters. The Hall–Kier alpha value is -0.860. The standard InChI is InChI=1S/C15H22ClNO/c1-11(2)12(8-9-17)6-7-15(18)13-4-3-5-14(16)10-13/h3-5,10-12H,6-9,17H2,1-2H3. The highest BCUT2D eigenvalue weighted by Gasteiger charge is 2.15. The van der Waals surface area contributed by atoms with Gasteiger partial charge in [-0.3, -0.25) is 4.79 Å². The van der Waals surface area contributed by atoms with Crippen LogP contribution in [-0.2, 0) is 0 Å². The van der Waals surface area contributed by atoms with Crippen LogP contribution in [0.25, 0.3) is 0 Å². The molecule has 0 saturated heterocycles. The van der Waals surface area contributed by atoms with Crippen LogP contribution < -0.4 is 5.73 Å². The van der Waals surface area contributed by atoms with Gasteiger partial charge in [-0.2, -0.15) is 0 Å². The lowest BCUT2D eigenvalue weighted by Crippen LogP contribution is -2.15. The summed E-state index contributed by atoms with van der Waals surface area (Å²) in [4.78, 5) is 12.0. The normalized spacial score (nSPS) is 12.7. The zero-order valence-electron chi connectivity index (χ0n) is 11.2. The van der Waals surface area contributed by atoms with Crippen LogP contribution in [0, 0.1) is 11.8 Å². The first-order valence-electron chi connectivity index (χ1n) is 6.53. The van der Waals surface area contributed by atoms with E-state index in [0.29, 0.717) is 35.4 Å². The molecule has 0 aliphatic heterocycles. The number of rotatable bonds is 7. The Labute approximate surface area is 115 Å². The summed E-state index contributed by atoms with van der Waals surface area (Å²) in [5.41, 5.74) is 6.31. The monoisotopic (exact) mass is 267 g/mol. The molecule has 1 rings (SSSR count). The van der Waals surface area contributed by atoms with E-state index in [1.165, 1.54) is 0 Å². The van der Waals surface area contributed by atoms with Gasteiger partial charge in [0.2, 0.25) is 0 Å². The average molecular weight is 268 g/mol. The summed E-state index contributed by atoms with van der Waals surface area (Å²) in [5, 5.41) is 0.614. The minimum absolute atomic E-state index is 0.167. The Bertz CT molecular complexity index is 390. The van der Waals surface area contributed by atoms with Crippen LogP contribution in [0.4, 0.5) is 0 Å². The van der Waals surface area contributed by atoms with Crippen molar-refractivity contribution >= 4 is 17.4 Å². The van der Waals surface area contributed by atoms with E-state index in [9.17, 15) is 4.79 Å². The van der Waals surface area contributed by atoms with Crippen LogP contribution in [0.15, 0.2) is 24.3 Å². The lowest BCUT2D eigenvalue weighted by molar-refractivity contribution is 0.0969. The number of carbonyl (C=O) groups is 1. The molecule has 2 nitrogen and oxygen atoms in total. The Kier molecular flexibility index (Phi) is 6.37. The van der Waals surface area contributed by atoms with Gasteiger partial charge in [0.05, 0.1) is 0 Å². The first-order valence-corrected chi connectivity index (χ1v) is 6.91. The minimum atomic E-state index is 0.167. The summed E-state index contributed by atoms with van der Waals surface area (Å²) in [6.45, 7) is 5.06. The van der Waals surface area contributed by atoms with Gasteiger partial charge in [-0.1, -0.05) is 37.6 Å². The molecule has 1 aromatic rings. The number of Topliss-reactive ketones (excluding diaryl/α,β-unsaturated/α-hetero) is 1. The zero-order chi connectivity index (χ0) is 13.5. The molecule has 18 heavy (non-hydrogen) atoms. The molecule has 0 amide bonds. The van der Waals surface area contributed by atoms with Crippen LogP contribution in [0.1, 0.15) is 43.5 Å². The second kappa shape index (κ2) is 7.55. The second-order valence-electron chi connectivity index (χ2n) is 5.05. The van der Waals surface area contributed by atoms with Gasteiger partial charge in [-0.05, 0) is 43.4 Å². The molecule has 0 bridgehead atoms. The summed E-state index contributed by atoms with van der Waals surface area (Å²) >= 11 is 5.88. The van der Waals surface area contributed by atoms with Crippen molar-refractivity contribution in [2.45, 2.75) is 33.1 Å². The third kappa shape index (κ3) is 4.79. The maximum Gasteiger partial charge on any atom is 0.162 e. The molecule has 0 aliphatic rings. The van der Waals surface area contributed by atoms with E-state index in [1.54, 1.807) is 12.1 Å². The van der Waals surface area contributed by atoms with Crippen LogP contribution in [0.3, 0.4) is 0 Å².